The molecule has 0 saturated heterocycles. The van der Waals surface area contributed by atoms with Gasteiger partial charge in [-0.1, -0.05) is 97.1 Å². The molecular formula is C38H25NO. The molecule has 0 fully saturated rings. The number of hydrogen-bond acceptors (Lipinski definition) is 2. The van der Waals surface area contributed by atoms with E-state index >= 15 is 0 Å². The molecule has 40 heavy (non-hydrogen) atoms. The summed E-state index contributed by atoms with van der Waals surface area (Å²) < 4.78 is 6.39. The highest BCUT2D eigenvalue weighted by Gasteiger charge is 2.16. The molecule has 0 aliphatic heterocycles. The Morgan fingerprint density at radius 1 is 0.375 bits per heavy atom. The molecule has 1 heterocycles. The molecule has 0 bridgehead atoms. The Labute approximate surface area is 232 Å². The number of para-hydroxylation sites is 1. The molecule has 188 valence electrons. The van der Waals surface area contributed by atoms with E-state index in [1.165, 1.54) is 27.3 Å². The summed E-state index contributed by atoms with van der Waals surface area (Å²) in [5.74, 6) is 0. The molecule has 8 rings (SSSR count). The predicted octanol–water partition coefficient (Wildman–Crippen LogP) is 11.0. The van der Waals surface area contributed by atoms with Crippen LogP contribution in [-0.2, 0) is 0 Å². The predicted molar refractivity (Wildman–Crippen MR) is 169 cm³/mol. The van der Waals surface area contributed by atoms with Crippen LogP contribution in [0.1, 0.15) is 0 Å². The van der Waals surface area contributed by atoms with Crippen molar-refractivity contribution in [2.75, 3.05) is 4.90 Å². The summed E-state index contributed by atoms with van der Waals surface area (Å²) in [6, 6.07) is 53.8. The maximum atomic E-state index is 6.39. The fraction of sp³-hybridized carbons (Fsp3) is 0. The molecule has 0 aliphatic carbocycles. The lowest BCUT2D eigenvalue weighted by atomic mass is 10.0. The maximum Gasteiger partial charge on any atom is 0.143 e. The van der Waals surface area contributed by atoms with Crippen LogP contribution >= 0.6 is 0 Å². The van der Waals surface area contributed by atoms with E-state index in [9.17, 15) is 0 Å². The van der Waals surface area contributed by atoms with E-state index < -0.39 is 0 Å². The van der Waals surface area contributed by atoms with Gasteiger partial charge in [0.15, 0.2) is 0 Å². The third-order valence-electron chi connectivity index (χ3n) is 7.83. The molecule has 0 radical (unpaired) electrons. The lowest BCUT2D eigenvalue weighted by Crippen LogP contribution is -2.09. The van der Waals surface area contributed by atoms with Crippen LogP contribution in [0.2, 0.25) is 0 Å². The van der Waals surface area contributed by atoms with Crippen molar-refractivity contribution in [2.45, 2.75) is 0 Å². The standard InChI is InChI=1S/C38H25NO/c1-2-11-31(12-3-1)39(32-19-16-27(17-20-32)30-15-14-26-8-4-5-10-29(26)24-30)33-21-23-37-36(25-33)35-22-18-28-9-6-7-13-34(28)38(35)40-37/h1-25H. The van der Waals surface area contributed by atoms with Crippen molar-refractivity contribution in [1.82, 2.24) is 0 Å². The first-order valence-electron chi connectivity index (χ1n) is 13.6. The molecule has 7 aromatic carbocycles. The molecule has 0 aliphatic rings. The van der Waals surface area contributed by atoms with E-state index in [0.717, 1.165) is 44.4 Å². The Morgan fingerprint density at radius 2 is 1.02 bits per heavy atom. The smallest absolute Gasteiger partial charge is 0.143 e. The van der Waals surface area contributed by atoms with Gasteiger partial charge in [-0.3, -0.25) is 0 Å². The highest BCUT2D eigenvalue weighted by Crippen LogP contribution is 2.40. The average Bonchev–Trinajstić information content (AvgIpc) is 3.40. The maximum absolute atomic E-state index is 6.39. The highest BCUT2D eigenvalue weighted by molar-refractivity contribution is 6.15. The number of hydrogen-bond donors (Lipinski definition) is 0. The second-order valence-electron chi connectivity index (χ2n) is 10.2. The SMILES string of the molecule is c1ccc(N(c2ccc(-c3ccc4ccccc4c3)cc2)c2ccc3oc4c5ccccc5ccc4c3c2)cc1. The number of furan rings is 1. The van der Waals surface area contributed by atoms with Crippen LogP contribution < -0.4 is 4.90 Å². The minimum atomic E-state index is 0.898. The van der Waals surface area contributed by atoms with Crippen LogP contribution in [0.25, 0.3) is 54.6 Å². The molecule has 0 amide bonds. The normalized spacial score (nSPS) is 11.5. The summed E-state index contributed by atoms with van der Waals surface area (Å²) in [7, 11) is 0. The van der Waals surface area contributed by atoms with Crippen LogP contribution in [0.4, 0.5) is 17.1 Å². The molecule has 1 aromatic heterocycles. The van der Waals surface area contributed by atoms with E-state index in [1.807, 2.05) is 0 Å². The van der Waals surface area contributed by atoms with Crippen molar-refractivity contribution in [3.05, 3.63) is 152 Å². The van der Waals surface area contributed by atoms with Gasteiger partial charge in [0, 0.05) is 33.2 Å². The molecule has 2 heteroatoms. The largest absolute Gasteiger partial charge is 0.455 e. The zero-order valence-electron chi connectivity index (χ0n) is 21.8. The topological polar surface area (TPSA) is 16.4 Å². The number of fused-ring (bicyclic) bond motifs is 6. The fourth-order valence-corrected chi connectivity index (χ4v) is 5.83. The van der Waals surface area contributed by atoms with Crippen LogP contribution in [0, 0.1) is 0 Å². The zero-order chi connectivity index (χ0) is 26.5. The minimum Gasteiger partial charge on any atom is -0.455 e. The monoisotopic (exact) mass is 511 g/mol. The fourth-order valence-electron chi connectivity index (χ4n) is 5.83. The molecular weight excluding hydrogens is 486 g/mol. The second kappa shape index (κ2) is 9.14. The highest BCUT2D eigenvalue weighted by atomic mass is 16.3. The van der Waals surface area contributed by atoms with Gasteiger partial charge in [0.2, 0.25) is 0 Å². The van der Waals surface area contributed by atoms with Gasteiger partial charge in [-0.2, -0.15) is 0 Å². The lowest BCUT2D eigenvalue weighted by molar-refractivity contribution is 0.672. The van der Waals surface area contributed by atoms with Crippen LogP contribution in [0.3, 0.4) is 0 Å². The quantitative estimate of drug-likeness (QED) is 0.234. The average molecular weight is 512 g/mol. The zero-order valence-corrected chi connectivity index (χ0v) is 21.8. The van der Waals surface area contributed by atoms with Crippen molar-refractivity contribution >= 4 is 60.5 Å². The molecule has 2 nitrogen and oxygen atoms in total. The Hall–Kier alpha value is -5.34. The number of benzene rings is 7. The van der Waals surface area contributed by atoms with Crippen LogP contribution in [0.5, 0.6) is 0 Å². The van der Waals surface area contributed by atoms with Gasteiger partial charge < -0.3 is 9.32 Å². The molecule has 0 spiro atoms. The number of rotatable bonds is 4. The van der Waals surface area contributed by atoms with Crippen LogP contribution in [0.15, 0.2) is 156 Å². The summed E-state index contributed by atoms with van der Waals surface area (Å²) >= 11 is 0. The Kier molecular flexibility index (Phi) is 5.17. The Balaban J connectivity index is 1.25. The van der Waals surface area contributed by atoms with E-state index in [-0.39, 0.29) is 0 Å². The van der Waals surface area contributed by atoms with Crippen molar-refractivity contribution in [2.24, 2.45) is 0 Å². The van der Waals surface area contributed by atoms with Crippen LogP contribution in [-0.4, -0.2) is 0 Å². The van der Waals surface area contributed by atoms with E-state index in [4.69, 9.17) is 4.42 Å². The van der Waals surface area contributed by atoms with Gasteiger partial charge >= 0.3 is 0 Å². The Morgan fingerprint density at radius 3 is 1.88 bits per heavy atom. The number of nitrogens with zero attached hydrogens (tertiary/aromatic N) is 1. The van der Waals surface area contributed by atoms with Gasteiger partial charge in [-0.15, -0.1) is 0 Å². The van der Waals surface area contributed by atoms with Crippen molar-refractivity contribution in [1.29, 1.82) is 0 Å². The van der Waals surface area contributed by atoms with E-state index in [2.05, 4.69) is 157 Å². The van der Waals surface area contributed by atoms with Gasteiger partial charge in [0.1, 0.15) is 11.2 Å². The number of anilines is 3. The first-order valence-corrected chi connectivity index (χ1v) is 13.6. The Bertz CT molecular complexity index is 2160. The summed E-state index contributed by atoms with van der Waals surface area (Å²) in [6.45, 7) is 0. The summed E-state index contributed by atoms with van der Waals surface area (Å²) in [6.07, 6.45) is 0. The van der Waals surface area contributed by atoms with Gasteiger partial charge in [0.05, 0.1) is 0 Å². The summed E-state index contributed by atoms with van der Waals surface area (Å²) in [5.41, 5.74) is 7.56. The molecule has 8 aromatic rings. The van der Waals surface area contributed by atoms with Gasteiger partial charge in [-0.25, -0.2) is 0 Å². The summed E-state index contributed by atoms with van der Waals surface area (Å²) in [5, 5.41) is 7.09. The van der Waals surface area contributed by atoms with Gasteiger partial charge in [-0.05, 0) is 81.9 Å². The second-order valence-corrected chi connectivity index (χ2v) is 10.2. The summed E-state index contributed by atoms with van der Waals surface area (Å²) in [4.78, 5) is 2.31. The third kappa shape index (κ3) is 3.73. The molecule has 0 unspecified atom stereocenters. The molecule has 0 saturated carbocycles. The molecule has 0 N–H and O–H groups in total. The lowest BCUT2D eigenvalue weighted by Gasteiger charge is -2.25. The van der Waals surface area contributed by atoms with Crippen molar-refractivity contribution in [3.8, 4) is 11.1 Å². The van der Waals surface area contributed by atoms with E-state index in [0.29, 0.717) is 0 Å². The third-order valence-corrected chi connectivity index (χ3v) is 7.83. The van der Waals surface area contributed by atoms with Crippen molar-refractivity contribution < 1.29 is 4.42 Å². The first-order chi connectivity index (χ1) is 19.8. The van der Waals surface area contributed by atoms with Crippen molar-refractivity contribution in [3.63, 3.8) is 0 Å². The first kappa shape index (κ1) is 22.6. The minimum absolute atomic E-state index is 0.898. The van der Waals surface area contributed by atoms with E-state index in [1.54, 1.807) is 0 Å². The molecule has 0 atom stereocenters. The van der Waals surface area contributed by atoms with Gasteiger partial charge in [0.25, 0.3) is 0 Å².